The van der Waals surface area contributed by atoms with Crippen molar-refractivity contribution in [2.75, 3.05) is 0 Å². The number of aromatic nitrogens is 1. The van der Waals surface area contributed by atoms with E-state index in [9.17, 15) is 5.26 Å². The van der Waals surface area contributed by atoms with E-state index >= 15 is 0 Å². The highest BCUT2D eigenvalue weighted by molar-refractivity contribution is 5.42. The van der Waals surface area contributed by atoms with Crippen molar-refractivity contribution in [1.29, 1.82) is 5.26 Å². The lowest BCUT2D eigenvalue weighted by Gasteiger charge is -2.11. The fourth-order valence-electron chi connectivity index (χ4n) is 1.91. The summed E-state index contributed by atoms with van der Waals surface area (Å²) >= 11 is 0. The molecule has 0 saturated heterocycles. The van der Waals surface area contributed by atoms with Crippen LogP contribution in [0.1, 0.15) is 28.2 Å². The van der Waals surface area contributed by atoms with Gasteiger partial charge in [-0.1, -0.05) is 23.8 Å². The Balaban J connectivity index is 2.50. The molecule has 0 amide bonds. The highest BCUT2D eigenvalue weighted by atomic mass is 14.6. The van der Waals surface area contributed by atoms with Gasteiger partial charge in [0.05, 0.1) is 12.0 Å². The monoisotopic (exact) mass is 210 g/mol. The van der Waals surface area contributed by atoms with E-state index in [2.05, 4.69) is 36.2 Å². The van der Waals surface area contributed by atoms with Crippen LogP contribution in [-0.2, 0) is 0 Å². The van der Waals surface area contributed by atoms with Crippen molar-refractivity contribution >= 4 is 0 Å². The highest BCUT2D eigenvalue weighted by Crippen LogP contribution is 2.27. The molecule has 1 aromatic carbocycles. The van der Waals surface area contributed by atoms with Crippen molar-refractivity contribution < 1.29 is 0 Å². The van der Waals surface area contributed by atoms with Gasteiger partial charge in [0.15, 0.2) is 0 Å². The molecule has 1 heterocycles. The van der Waals surface area contributed by atoms with Gasteiger partial charge in [-0.25, -0.2) is 0 Å². The third-order valence-electron chi connectivity index (χ3n) is 2.83. The average Bonchev–Trinajstić information content (AvgIpc) is 2.78. The molecule has 2 heteroatoms. The smallest absolute Gasteiger partial charge is 0.0979 e. The molecule has 0 radical (unpaired) electrons. The van der Waals surface area contributed by atoms with Crippen LogP contribution < -0.4 is 0 Å². The molecule has 2 aromatic rings. The first-order chi connectivity index (χ1) is 7.72. The third-order valence-corrected chi connectivity index (χ3v) is 2.83. The Morgan fingerprint density at radius 1 is 1.25 bits per heavy atom. The fourth-order valence-corrected chi connectivity index (χ4v) is 1.91. The topological polar surface area (TPSA) is 39.6 Å². The van der Waals surface area contributed by atoms with Crippen LogP contribution in [0.5, 0.6) is 0 Å². The van der Waals surface area contributed by atoms with Crippen LogP contribution >= 0.6 is 0 Å². The van der Waals surface area contributed by atoms with Crippen LogP contribution in [0.25, 0.3) is 0 Å². The second-order valence-electron chi connectivity index (χ2n) is 4.07. The summed E-state index contributed by atoms with van der Waals surface area (Å²) in [7, 11) is 0. The van der Waals surface area contributed by atoms with Gasteiger partial charge in [-0.3, -0.25) is 0 Å². The Labute approximate surface area is 95.6 Å². The van der Waals surface area contributed by atoms with Crippen LogP contribution in [0.3, 0.4) is 0 Å². The summed E-state index contributed by atoms with van der Waals surface area (Å²) in [5.74, 6) is -0.175. The molecule has 0 spiro atoms. The standard InChI is InChI=1S/C14H14N2/c1-10-3-4-11(2)13(7-10)14(8-15)12-5-6-16-9-12/h3-7,9,14,16H,1-2H3. The SMILES string of the molecule is Cc1ccc(C)c(C(C#N)c2cc[nH]c2)c1. The molecule has 0 fully saturated rings. The fraction of sp³-hybridized carbons (Fsp3) is 0.214. The van der Waals surface area contributed by atoms with Gasteiger partial charge in [-0.15, -0.1) is 0 Å². The van der Waals surface area contributed by atoms with Crippen LogP contribution in [0.2, 0.25) is 0 Å². The Hall–Kier alpha value is -2.01. The number of aromatic amines is 1. The average molecular weight is 210 g/mol. The summed E-state index contributed by atoms with van der Waals surface area (Å²) in [4.78, 5) is 3.00. The van der Waals surface area contributed by atoms with Crippen molar-refractivity contribution in [3.05, 3.63) is 58.9 Å². The van der Waals surface area contributed by atoms with Crippen LogP contribution in [-0.4, -0.2) is 4.98 Å². The maximum Gasteiger partial charge on any atom is 0.0979 e. The van der Waals surface area contributed by atoms with Crippen molar-refractivity contribution in [2.24, 2.45) is 0 Å². The van der Waals surface area contributed by atoms with Gasteiger partial charge in [0.2, 0.25) is 0 Å². The van der Waals surface area contributed by atoms with E-state index in [0.717, 1.165) is 11.1 Å². The van der Waals surface area contributed by atoms with Gasteiger partial charge in [0.25, 0.3) is 0 Å². The van der Waals surface area contributed by atoms with E-state index in [-0.39, 0.29) is 5.92 Å². The van der Waals surface area contributed by atoms with Crippen molar-refractivity contribution in [3.63, 3.8) is 0 Å². The summed E-state index contributed by atoms with van der Waals surface area (Å²) < 4.78 is 0. The quantitative estimate of drug-likeness (QED) is 0.811. The zero-order valence-corrected chi connectivity index (χ0v) is 9.49. The van der Waals surface area contributed by atoms with Crippen molar-refractivity contribution in [2.45, 2.75) is 19.8 Å². The number of nitriles is 1. The Morgan fingerprint density at radius 3 is 2.69 bits per heavy atom. The number of nitrogens with zero attached hydrogens (tertiary/aromatic N) is 1. The predicted molar refractivity (Wildman–Crippen MR) is 64.2 cm³/mol. The maximum atomic E-state index is 9.30. The van der Waals surface area contributed by atoms with Crippen LogP contribution in [0.4, 0.5) is 0 Å². The summed E-state index contributed by atoms with van der Waals surface area (Å²) in [6.07, 6.45) is 3.74. The number of nitrogens with one attached hydrogen (secondary N) is 1. The van der Waals surface area contributed by atoms with E-state index in [1.807, 2.05) is 25.4 Å². The molecular formula is C14H14N2. The number of benzene rings is 1. The molecule has 0 saturated carbocycles. The summed E-state index contributed by atoms with van der Waals surface area (Å²) in [6, 6.07) is 10.6. The van der Waals surface area contributed by atoms with Crippen LogP contribution in [0.15, 0.2) is 36.7 Å². The number of aryl methyl sites for hydroxylation is 2. The molecule has 2 rings (SSSR count). The third kappa shape index (κ3) is 1.85. The first kappa shape index (κ1) is 10.5. The number of hydrogen-bond donors (Lipinski definition) is 1. The molecule has 2 nitrogen and oxygen atoms in total. The zero-order chi connectivity index (χ0) is 11.5. The van der Waals surface area contributed by atoms with Gasteiger partial charge in [-0.05, 0) is 36.6 Å². The Morgan fingerprint density at radius 2 is 2.06 bits per heavy atom. The molecule has 16 heavy (non-hydrogen) atoms. The Kier molecular flexibility index (Phi) is 2.78. The second-order valence-corrected chi connectivity index (χ2v) is 4.07. The second kappa shape index (κ2) is 4.24. The molecule has 1 N–H and O–H groups in total. The van der Waals surface area contributed by atoms with Gasteiger partial charge < -0.3 is 4.98 Å². The lowest BCUT2D eigenvalue weighted by molar-refractivity contribution is 1.02. The number of H-pyrrole nitrogens is 1. The molecule has 1 aromatic heterocycles. The molecule has 1 unspecified atom stereocenters. The van der Waals surface area contributed by atoms with Gasteiger partial charge in [-0.2, -0.15) is 5.26 Å². The Bertz CT molecular complexity index is 518. The molecule has 0 aliphatic carbocycles. The molecule has 1 atom stereocenters. The van der Waals surface area contributed by atoms with Gasteiger partial charge in [0, 0.05) is 12.4 Å². The lowest BCUT2D eigenvalue weighted by atomic mass is 9.90. The molecule has 0 aliphatic rings. The summed E-state index contributed by atoms with van der Waals surface area (Å²) in [5.41, 5.74) is 4.48. The van der Waals surface area contributed by atoms with Crippen molar-refractivity contribution in [1.82, 2.24) is 4.98 Å². The number of hydrogen-bond acceptors (Lipinski definition) is 1. The minimum Gasteiger partial charge on any atom is -0.367 e. The first-order valence-corrected chi connectivity index (χ1v) is 5.32. The minimum absolute atomic E-state index is 0.175. The van der Waals surface area contributed by atoms with E-state index in [1.54, 1.807) is 0 Å². The highest BCUT2D eigenvalue weighted by Gasteiger charge is 2.15. The van der Waals surface area contributed by atoms with E-state index < -0.39 is 0 Å². The summed E-state index contributed by atoms with van der Waals surface area (Å²) in [6.45, 7) is 4.10. The predicted octanol–water partition coefficient (Wildman–Crippen LogP) is 3.29. The number of rotatable bonds is 2. The normalized spacial score (nSPS) is 12.1. The van der Waals surface area contributed by atoms with Crippen molar-refractivity contribution in [3.8, 4) is 6.07 Å². The lowest BCUT2D eigenvalue weighted by Crippen LogP contribution is -2.00. The molecule has 80 valence electrons. The first-order valence-electron chi connectivity index (χ1n) is 5.32. The minimum atomic E-state index is -0.175. The van der Waals surface area contributed by atoms with Crippen LogP contribution in [0, 0.1) is 25.2 Å². The maximum absolute atomic E-state index is 9.30. The molecule has 0 aliphatic heterocycles. The molecular weight excluding hydrogens is 196 g/mol. The van der Waals surface area contributed by atoms with E-state index in [1.165, 1.54) is 11.1 Å². The zero-order valence-electron chi connectivity index (χ0n) is 9.49. The summed E-state index contributed by atoms with van der Waals surface area (Å²) in [5, 5.41) is 9.30. The van der Waals surface area contributed by atoms with Gasteiger partial charge in [0.1, 0.15) is 0 Å². The van der Waals surface area contributed by atoms with E-state index in [4.69, 9.17) is 0 Å². The van der Waals surface area contributed by atoms with Gasteiger partial charge >= 0.3 is 0 Å². The van der Waals surface area contributed by atoms with E-state index in [0.29, 0.717) is 0 Å². The largest absolute Gasteiger partial charge is 0.367 e. The molecule has 0 bridgehead atoms.